The SMILES string of the molecule is C=CCOC[C@@]12CCCC1=CC(=O)CC2. The first kappa shape index (κ1) is 10.6. The maximum Gasteiger partial charge on any atom is 0.155 e. The minimum absolute atomic E-state index is 0.191. The average Bonchev–Trinajstić information content (AvgIpc) is 2.62. The second-order valence-electron chi connectivity index (χ2n) is 4.57. The van der Waals surface area contributed by atoms with E-state index in [1.165, 1.54) is 18.4 Å². The van der Waals surface area contributed by atoms with Gasteiger partial charge in [-0.05, 0) is 31.8 Å². The van der Waals surface area contributed by atoms with Gasteiger partial charge in [-0.1, -0.05) is 11.6 Å². The van der Waals surface area contributed by atoms with Crippen LogP contribution in [-0.4, -0.2) is 19.0 Å². The van der Waals surface area contributed by atoms with Gasteiger partial charge in [0, 0.05) is 11.8 Å². The first-order chi connectivity index (χ1) is 7.27. The summed E-state index contributed by atoms with van der Waals surface area (Å²) in [5.41, 5.74) is 1.53. The van der Waals surface area contributed by atoms with Gasteiger partial charge < -0.3 is 4.74 Å². The van der Waals surface area contributed by atoms with Gasteiger partial charge in [0.1, 0.15) is 0 Å². The van der Waals surface area contributed by atoms with Gasteiger partial charge in [-0.3, -0.25) is 4.79 Å². The molecule has 2 heteroatoms. The summed E-state index contributed by atoms with van der Waals surface area (Å²) >= 11 is 0. The van der Waals surface area contributed by atoms with Crippen LogP contribution in [0.15, 0.2) is 24.3 Å². The zero-order valence-corrected chi connectivity index (χ0v) is 9.13. The van der Waals surface area contributed by atoms with Gasteiger partial charge >= 0.3 is 0 Å². The Morgan fingerprint density at radius 1 is 1.47 bits per heavy atom. The molecule has 2 nitrogen and oxygen atoms in total. The highest BCUT2D eigenvalue weighted by Gasteiger charge is 2.41. The van der Waals surface area contributed by atoms with Crippen LogP contribution in [0.3, 0.4) is 0 Å². The predicted octanol–water partition coefficient (Wildman–Crippen LogP) is 2.65. The van der Waals surface area contributed by atoms with Crippen molar-refractivity contribution in [2.45, 2.75) is 32.1 Å². The van der Waals surface area contributed by atoms with E-state index in [0.717, 1.165) is 19.4 Å². The lowest BCUT2D eigenvalue weighted by atomic mass is 9.74. The van der Waals surface area contributed by atoms with E-state index in [2.05, 4.69) is 6.58 Å². The molecule has 0 radical (unpaired) electrons. The van der Waals surface area contributed by atoms with Crippen LogP contribution in [0.25, 0.3) is 0 Å². The van der Waals surface area contributed by atoms with Crippen LogP contribution in [0, 0.1) is 5.41 Å². The molecule has 0 amide bonds. The number of carbonyl (C=O) groups excluding carboxylic acids is 1. The predicted molar refractivity (Wildman–Crippen MR) is 59.6 cm³/mol. The molecule has 0 heterocycles. The van der Waals surface area contributed by atoms with Gasteiger partial charge in [0.15, 0.2) is 5.78 Å². The zero-order chi connectivity index (χ0) is 10.7. The van der Waals surface area contributed by atoms with Gasteiger partial charge in [-0.25, -0.2) is 0 Å². The van der Waals surface area contributed by atoms with Crippen molar-refractivity contribution < 1.29 is 9.53 Å². The fourth-order valence-corrected chi connectivity index (χ4v) is 2.76. The molecule has 0 aliphatic heterocycles. The minimum Gasteiger partial charge on any atom is -0.376 e. The number of carbonyl (C=O) groups is 1. The van der Waals surface area contributed by atoms with Crippen molar-refractivity contribution in [1.29, 1.82) is 0 Å². The van der Waals surface area contributed by atoms with Crippen LogP contribution in [0.4, 0.5) is 0 Å². The van der Waals surface area contributed by atoms with Crippen molar-refractivity contribution in [3.05, 3.63) is 24.3 Å². The Morgan fingerprint density at radius 3 is 3.13 bits per heavy atom. The van der Waals surface area contributed by atoms with Crippen molar-refractivity contribution >= 4 is 5.78 Å². The molecule has 0 aromatic heterocycles. The highest BCUT2D eigenvalue weighted by molar-refractivity contribution is 5.91. The van der Waals surface area contributed by atoms with Crippen molar-refractivity contribution in [2.75, 3.05) is 13.2 Å². The van der Waals surface area contributed by atoms with Crippen molar-refractivity contribution in [2.24, 2.45) is 5.41 Å². The summed E-state index contributed by atoms with van der Waals surface area (Å²) in [6.07, 6.45) is 8.80. The molecule has 0 unspecified atom stereocenters. The molecule has 1 saturated carbocycles. The van der Waals surface area contributed by atoms with Crippen LogP contribution < -0.4 is 0 Å². The van der Waals surface area contributed by atoms with E-state index in [1.54, 1.807) is 6.08 Å². The lowest BCUT2D eigenvalue weighted by Crippen LogP contribution is -2.29. The molecular weight excluding hydrogens is 188 g/mol. The van der Waals surface area contributed by atoms with E-state index in [1.807, 2.05) is 6.08 Å². The number of allylic oxidation sites excluding steroid dienone is 1. The first-order valence-corrected chi connectivity index (χ1v) is 5.69. The molecule has 0 saturated heterocycles. The molecule has 1 fully saturated rings. The minimum atomic E-state index is 0.191. The summed E-state index contributed by atoms with van der Waals surface area (Å²) in [4.78, 5) is 11.3. The van der Waals surface area contributed by atoms with Gasteiger partial charge in [0.2, 0.25) is 0 Å². The van der Waals surface area contributed by atoms with Crippen LogP contribution >= 0.6 is 0 Å². The molecule has 0 bridgehead atoms. The molecule has 0 aromatic rings. The topological polar surface area (TPSA) is 26.3 Å². The van der Waals surface area contributed by atoms with Gasteiger partial charge in [0.25, 0.3) is 0 Å². The number of hydrogen-bond acceptors (Lipinski definition) is 2. The molecule has 2 rings (SSSR count). The molecule has 2 aliphatic rings. The lowest BCUT2D eigenvalue weighted by molar-refractivity contribution is -0.116. The molecule has 1 atom stereocenters. The molecule has 2 aliphatic carbocycles. The van der Waals surface area contributed by atoms with Crippen LogP contribution in [-0.2, 0) is 9.53 Å². The summed E-state index contributed by atoms with van der Waals surface area (Å²) in [7, 11) is 0. The number of fused-ring (bicyclic) bond motifs is 1. The maximum absolute atomic E-state index is 11.3. The highest BCUT2D eigenvalue weighted by Crippen LogP contribution is 2.48. The summed E-state index contributed by atoms with van der Waals surface area (Å²) in [5, 5.41) is 0. The monoisotopic (exact) mass is 206 g/mol. The summed E-state index contributed by atoms with van der Waals surface area (Å²) in [6, 6.07) is 0. The second-order valence-corrected chi connectivity index (χ2v) is 4.57. The Hall–Kier alpha value is -0.890. The molecule has 15 heavy (non-hydrogen) atoms. The lowest BCUT2D eigenvalue weighted by Gasteiger charge is -2.33. The Bertz CT molecular complexity index is 304. The van der Waals surface area contributed by atoms with E-state index in [-0.39, 0.29) is 5.41 Å². The summed E-state index contributed by atoms with van der Waals surface area (Å²) < 4.78 is 5.59. The first-order valence-electron chi connectivity index (χ1n) is 5.69. The molecule has 82 valence electrons. The average molecular weight is 206 g/mol. The van der Waals surface area contributed by atoms with E-state index < -0.39 is 0 Å². The number of ether oxygens (including phenoxy) is 1. The van der Waals surface area contributed by atoms with E-state index >= 15 is 0 Å². The van der Waals surface area contributed by atoms with Crippen molar-refractivity contribution in [3.8, 4) is 0 Å². The fraction of sp³-hybridized carbons (Fsp3) is 0.615. The maximum atomic E-state index is 11.3. The van der Waals surface area contributed by atoms with E-state index in [0.29, 0.717) is 18.8 Å². The Morgan fingerprint density at radius 2 is 2.33 bits per heavy atom. The third-order valence-corrected chi connectivity index (χ3v) is 3.58. The number of hydrogen-bond donors (Lipinski definition) is 0. The van der Waals surface area contributed by atoms with Gasteiger partial charge in [-0.2, -0.15) is 0 Å². The second kappa shape index (κ2) is 4.31. The fourth-order valence-electron chi connectivity index (χ4n) is 2.76. The zero-order valence-electron chi connectivity index (χ0n) is 9.13. The number of rotatable bonds is 4. The normalized spacial score (nSPS) is 29.9. The molecule has 0 aromatic carbocycles. The van der Waals surface area contributed by atoms with Gasteiger partial charge in [0.05, 0.1) is 13.2 Å². The summed E-state index contributed by atoms with van der Waals surface area (Å²) in [5.74, 6) is 0.297. The third-order valence-electron chi connectivity index (χ3n) is 3.58. The van der Waals surface area contributed by atoms with Crippen LogP contribution in [0.5, 0.6) is 0 Å². The largest absolute Gasteiger partial charge is 0.376 e. The Kier molecular flexibility index (Phi) is 3.06. The molecule has 0 spiro atoms. The smallest absolute Gasteiger partial charge is 0.155 e. The van der Waals surface area contributed by atoms with Crippen LogP contribution in [0.1, 0.15) is 32.1 Å². The van der Waals surface area contributed by atoms with Crippen molar-refractivity contribution in [1.82, 2.24) is 0 Å². The van der Waals surface area contributed by atoms with E-state index in [4.69, 9.17) is 4.74 Å². The van der Waals surface area contributed by atoms with Crippen molar-refractivity contribution in [3.63, 3.8) is 0 Å². The standard InChI is InChI=1S/C13H18O2/c1-2-8-15-10-13-6-3-4-11(13)9-12(14)5-7-13/h2,9H,1,3-8,10H2/t13-/m0/s1. The quantitative estimate of drug-likeness (QED) is 0.522. The Labute approximate surface area is 91.0 Å². The third kappa shape index (κ3) is 2.05. The molecular formula is C13H18O2. The van der Waals surface area contributed by atoms with Gasteiger partial charge in [-0.15, -0.1) is 6.58 Å². The van der Waals surface area contributed by atoms with Crippen LogP contribution in [0.2, 0.25) is 0 Å². The number of ketones is 1. The Balaban J connectivity index is 2.07. The van der Waals surface area contributed by atoms with E-state index in [9.17, 15) is 4.79 Å². The molecule has 0 N–H and O–H groups in total. The highest BCUT2D eigenvalue weighted by atomic mass is 16.5. The summed E-state index contributed by atoms with van der Waals surface area (Å²) in [6.45, 7) is 5.02.